The van der Waals surface area contributed by atoms with Crippen molar-refractivity contribution in [3.05, 3.63) is 36.7 Å². The molecule has 0 amide bonds. The molecule has 0 unspecified atom stereocenters. The standard InChI is InChI=1S/C34H48N2O20/c37-11-19-23(39)27(43)33(53-19)51-13-21-25(41)29(45)31(55-21)49-7-5-47-15-1-3-35-17(9-15)18-10-16(2-4-36-18)48-6-8-50-32-30(46)26(42)22(56-32)14-52-34-28(44)24(40)20(12-38)54-34/h1-4,9-10,19-34,37-46H,5-8,11-14H2/t19-,20-,21-,22-,23-,24-,25-,26-,27-,28-,29-,30-,31-,32-,33-,34-/m1/s1. The number of rotatable bonds is 19. The smallest absolute Gasteiger partial charge is 0.186 e. The van der Waals surface area contributed by atoms with Crippen molar-refractivity contribution < 1.29 is 98.4 Å². The number of nitrogens with zero attached hydrogens (tertiary/aromatic N) is 2. The summed E-state index contributed by atoms with van der Waals surface area (Å²) in [6.45, 7) is -1.66. The highest BCUT2D eigenvalue weighted by Crippen LogP contribution is 2.29. The van der Waals surface area contributed by atoms with Crippen LogP contribution in [0.5, 0.6) is 11.5 Å². The van der Waals surface area contributed by atoms with Crippen LogP contribution in [0.15, 0.2) is 36.7 Å². The van der Waals surface area contributed by atoms with Crippen molar-refractivity contribution in [2.45, 2.75) is 98.4 Å². The summed E-state index contributed by atoms with van der Waals surface area (Å²) >= 11 is 0. The Labute approximate surface area is 319 Å². The molecule has 0 radical (unpaired) electrons. The summed E-state index contributed by atoms with van der Waals surface area (Å²) in [6, 6.07) is 6.52. The second-order valence-electron chi connectivity index (χ2n) is 13.3. The van der Waals surface area contributed by atoms with E-state index in [1.165, 1.54) is 12.4 Å². The van der Waals surface area contributed by atoms with Gasteiger partial charge in [-0.15, -0.1) is 0 Å². The number of aliphatic hydroxyl groups is 10. The topological polar surface area (TPSA) is 320 Å². The van der Waals surface area contributed by atoms with Gasteiger partial charge >= 0.3 is 0 Å². The average Bonchev–Trinajstić information content (AvgIpc) is 3.85. The van der Waals surface area contributed by atoms with Gasteiger partial charge in [-0.3, -0.25) is 9.97 Å². The molecule has 10 N–H and O–H groups in total. The Kier molecular flexibility index (Phi) is 15.1. The van der Waals surface area contributed by atoms with Gasteiger partial charge in [0.2, 0.25) is 0 Å². The van der Waals surface area contributed by atoms with Crippen molar-refractivity contribution in [1.82, 2.24) is 9.97 Å². The molecule has 4 aliphatic heterocycles. The fourth-order valence-corrected chi connectivity index (χ4v) is 6.30. The van der Waals surface area contributed by atoms with Crippen LogP contribution in [0.25, 0.3) is 11.4 Å². The largest absolute Gasteiger partial charge is 0.491 e. The van der Waals surface area contributed by atoms with Gasteiger partial charge in [0.1, 0.15) is 98.0 Å². The summed E-state index contributed by atoms with van der Waals surface area (Å²) in [4.78, 5) is 8.68. The zero-order valence-corrected chi connectivity index (χ0v) is 29.8. The molecule has 6 rings (SSSR count). The van der Waals surface area contributed by atoms with E-state index >= 15 is 0 Å². The van der Waals surface area contributed by atoms with Crippen molar-refractivity contribution in [1.29, 1.82) is 0 Å². The number of aliphatic hydroxyl groups excluding tert-OH is 10. The molecule has 0 aromatic carbocycles. The highest BCUT2D eigenvalue weighted by Gasteiger charge is 2.48. The second kappa shape index (κ2) is 19.8. The van der Waals surface area contributed by atoms with Crippen LogP contribution >= 0.6 is 0 Å². The van der Waals surface area contributed by atoms with Crippen molar-refractivity contribution in [2.75, 3.05) is 52.9 Å². The Morgan fingerprint density at radius 2 is 0.786 bits per heavy atom. The van der Waals surface area contributed by atoms with E-state index in [9.17, 15) is 51.1 Å². The third kappa shape index (κ3) is 10.1. The third-order valence-electron chi connectivity index (χ3n) is 9.48. The van der Waals surface area contributed by atoms with Crippen LogP contribution < -0.4 is 9.47 Å². The van der Waals surface area contributed by atoms with Crippen molar-refractivity contribution in [3.8, 4) is 22.9 Å². The SMILES string of the molecule is OC[C@H]1O[C@@H](OC[C@H]2O[C@@H](OCCOc3ccnc(-c4cc(OCCO[C@@H]5O[C@H](CO[C@@H]6O[C@H](CO)[C@@H](O)[C@H]6O)[C@@H](O)[C@H]5O)ccn4)c3)[C@H](O)[C@@H]2O)[C@H](O)[C@@H]1O. The van der Waals surface area contributed by atoms with Gasteiger partial charge in [-0.2, -0.15) is 0 Å². The van der Waals surface area contributed by atoms with Crippen molar-refractivity contribution in [2.24, 2.45) is 0 Å². The zero-order chi connectivity index (χ0) is 39.9. The number of pyridine rings is 2. The van der Waals surface area contributed by atoms with Crippen LogP contribution in [0.4, 0.5) is 0 Å². The first kappa shape index (κ1) is 42.8. The summed E-state index contributed by atoms with van der Waals surface area (Å²) in [5.74, 6) is 0.857. The summed E-state index contributed by atoms with van der Waals surface area (Å²) in [7, 11) is 0. The molecule has 314 valence electrons. The number of ether oxygens (including phenoxy) is 10. The molecular formula is C34H48N2O20. The molecule has 0 bridgehead atoms. The van der Waals surface area contributed by atoms with Crippen LogP contribution in [0.3, 0.4) is 0 Å². The van der Waals surface area contributed by atoms with Crippen LogP contribution in [0.2, 0.25) is 0 Å². The van der Waals surface area contributed by atoms with E-state index < -0.39 is 112 Å². The Morgan fingerprint density at radius 1 is 0.446 bits per heavy atom. The highest BCUT2D eigenvalue weighted by molar-refractivity contribution is 5.57. The van der Waals surface area contributed by atoms with Gasteiger partial charge in [0.15, 0.2) is 25.2 Å². The molecule has 0 aliphatic carbocycles. The van der Waals surface area contributed by atoms with Gasteiger partial charge < -0.3 is 98.4 Å². The fourth-order valence-electron chi connectivity index (χ4n) is 6.30. The molecule has 4 aliphatic rings. The number of hydrogen-bond acceptors (Lipinski definition) is 22. The van der Waals surface area contributed by atoms with E-state index in [2.05, 4.69) is 9.97 Å². The van der Waals surface area contributed by atoms with E-state index in [0.717, 1.165) is 0 Å². The normalized spacial score (nSPS) is 38.4. The van der Waals surface area contributed by atoms with E-state index in [1.807, 2.05) is 0 Å². The quantitative estimate of drug-likeness (QED) is 0.0593. The molecule has 6 heterocycles. The van der Waals surface area contributed by atoms with Crippen LogP contribution in [-0.4, -0.2) is 212 Å². The first-order valence-electron chi connectivity index (χ1n) is 17.9. The third-order valence-corrected chi connectivity index (χ3v) is 9.48. The number of hydrogen-bond donors (Lipinski definition) is 10. The number of aromatic nitrogens is 2. The molecule has 0 spiro atoms. The van der Waals surface area contributed by atoms with Crippen molar-refractivity contribution >= 4 is 0 Å². The maximum Gasteiger partial charge on any atom is 0.186 e. The molecule has 2 aromatic heterocycles. The molecule has 56 heavy (non-hydrogen) atoms. The van der Waals surface area contributed by atoms with Gasteiger partial charge in [0.05, 0.1) is 51.0 Å². The molecule has 22 heteroatoms. The summed E-state index contributed by atoms with van der Waals surface area (Å²) in [5, 5.41) is 99.7. The molecule has 4 saturated heterocycles. The van der Waals surface area contributed by atoms with Gasteiger partial charge in [-0.25, -0.2) is 0 Å². The predicted octanol–water partition coefficient (Wildman–Crippen LogP) is -5.26. The van der Waals surface area contributed by atoms with Gasteiger partial charge in [-0.05, 0) is 12.1 Å². The van der Waals surface area contributed by atoms with E-state index in [1.54, 1.807) is 24.3 Å². The molecule has 22 nitrogen and oxygen atoms in total. The fraction of sp³-hybridized carbons (Fsp3) is 0.706. The summed E-state index contributed by atoms with van der Waals surface area (Å²) < 4.78 is 55.1. The zero-order valence-electron chi connectivity index (χ0n) is 29.8. The maximum absolute atomic E-state index is 10.4. The highest BCUT2D eigenvalue weighted by atomic mass is 16.8. The lowest BCUT2D eigenvalue weighted by atomic mass is 10.1. The second-order valence-corrected chi connectivity index (χ2v) is 13.3. The van der Waals surface area contributed by atoms with E-state index in [-0.39, 0.29) is 39.6 Å². The molecular weight excluding hydrogens is 756 g/mol. The lowest BCUT2D eigenvalue weighted by Crippen LogP contribution is -2.38. The molecule has 16 atom stereocenters. The lowest BCUT2D eigenvalue weighted by Gasteiger charge is -2.20. The molecule has 4 fully saturated rings. The lowest BCUT2D eigenvalue weighted by molar-refractivity contribution is -0.206. The minimum absolute atomic E-state index is 0.0316. The van der Waals surface area contributed by atoms with Crippen LogP contribution in [0, 0.1) is 0 Å². The predicted molar refractivity (Wildman–Crippen MR) is 179 cm³/mol. The minimum Gasteiger partial charge on any atom is -0.491 e. The monoisotopic (exact) mass is 804 g/mol. The first-order chi connectivity index (χ1) is 27.0. The average molecular weight is 805 g/mol. The molecule has 2 aromatic rings. The van der Waals surface area contributed by atoms with E-state index in [0.29, 0.717) is 22.9 Å². The van der Waals surface area contributed by atoms with Crippen LogP contribution in [0.1, 0.15) is 0 Å². The Hall–Kier alpha value is -2.82. The summed E-state index contributed by atoms with van der Waals surface area (Å²) in [5.41, 5.74) is 0.919. The maximum atomic E-state index is 10.4. The molecule has 0 saturated carbocycles. The Bertz CT molecular complexity index is 1410. The minimum atomic E-state index is -1.42. The van der Waals surface area contributed by atoms with Crippen molar-refractivity contribution in [3.63, 3.8) is 0 Å². The van der Waals surface area contributed by atoms with E-state index in [4.69, 9.17) is 47.4 Å². The van der Waals surface area contributed by atoms with Gasteiger partial charge in [-0.1, -0.05) is 0 Å². The van der Waals surface area contributed by atoms with Gasteiger partial charge in [0, 0.05) is 24.5 Å². The van der Waals surface area contributed by atoms with Gasteiger partial charge in [0.25, 0.3) is 0 Å². The summed E-state index contributed by atoms with van der Waals surface area (Å²) in [6.07, 6.45) is -17.1. The Balaban J connectivity index is 0.893. The van der Waals surface area contributed by atoms with Crippen LogP contribution in [-0.2, 0) is 37.9 Å². The Morgan fingerprint density at radius 3 is 1.14 bits per heavy atom. The first-order valence-corrected chi connectivity index (χ1v) is 17.9.